The van der Waals surface area contributed by atoms with Gasteiger partial charge in [0.25, 0.3) is 5.56 Å². The standard InChI is InChI=1S/C24H24FN5O4/c1-33-20-8-7-16(11-21(20)34-2)12-22(31)26-9-10-30-23-18(13-28-30)24(32)29(15-27-23)14-17-5-3-4-6-19(17)25/h3-8,11,13,15H,9-10,12,14H2,1-2H3,(H,26,31). The number of hydrogen-bond donors (Lipinski definition) is 1. The Labute approximate surface area is 194 Å². The summed E-state index contributed by atoms with van der Waals surface area (Å²) in [5.74, 6) is 0.609. The molecule has 0 unspecified atom stereocenters. The lowest BCUT2D eigenvalue weighted by atomic mass is 10.1. The van der Waals surface area contributed by atoms with Crippen molar-refractivity contribution in [2.45, 2.75) is 19.5 Å². The van der Waals surface area contributed by atoms with Crippen LogP contribution in [0.2, 0.25) is 0 Å². The van der Waals surface area contributed by atoms with Gasteiger partial charge in [-0.1, -0.05) is 24.3 Å². The fourth-order valence-electron chi connectivity index (χ4n) is 3.62. The van der Waals surface area contributed by atoms with Gasteiger partial charge < -0.3 is 14.8 Å². The third-order valence-electron chi connectivity index (χ3n) is 5.38. The molecular formula is C24H24FN5O4. The lowest BCUT2D eigenvalue weighted by Crippen LogP contribution is -2.29. The number of benzene rings is 2. The van der Waals surface area contributed by atoms with Crippen LogP contribution in [0.25, 0.3) is 11.0 Å². The zero-order chi connectivity index (χ0) is 24.1. The lowest BCUT2D eigenvalue weighted by molar-refractivity contribution is -0.120. The van der Waals surface area contributed by atoms with Crippen LogP contribution in [-0.2, 0) is 24.3 Å². The fourth-order valence-corrected chi connectivity index (χ4v) is 3.62. The second-order valence-electron chi connectivity index (χ2n) is 7.59. The van der Waals surface area contributed by atoms with E-state index in [0.29, 0.717) is 41.2 Å². The van der Waals surface area contributed by atoms with Crippen molar-refractivity contribution < 1.29 is 18.7 Å². The first-order valence-corrected chi connectivity index (χ1v) is 10.6. The van der Waals surface area contributed by atoms with Gasteiger partial charge in [0.15, 0.2) is 17.1 Å². The summed E-state index contributed by atoms with van der Waals surface area (Å²) >= 11 is 0. The molecule has 0 aliphatic rings. The molecule has 0 radical (unpaired) electrons. The summed E-state index contributed by atoms with van der Waals surface area (Å²) in [5, 5.41) is 7.40. The van der Waals surface area contributed by atoms with Crippen molar-refractivity contribution in [1.29, 1.82) is 0 Å². The van der Waals surface area contributed by atoms with Gasteiger partial charge in [-0.15, -0.1) is 0 Å². The van der Waals surface area contributed by atoms with Crippen molar-refractivity contribution in [2.75, 3.05) is 20.8 Å². The average molecular weight is 465 g/mol. The van der Waals surface area contributed by atoms with Gasteiger partial charge in [-0.25, -0.2) is 14.1 Å². The van der Waals surface area contributed by atoms with Gasteiger partial charge in [-0.3, -0.25) is 14.2 Å². The number of rotatable bonds is 9. The fraction of sp³-hybridized carbons (Fsp3) is 0.250. The SMILES string of the molecule is COc1ccc(CC(=O)NCCn2ncc3c(=O)n(Cc4ccccc4F)cnc32)cc1OC. The number of hydrogen-bond acceptors (Lipinski definition) is 6. The minimum absolute atomic E-state index is 0.0752. The van der Waals surface area contributed by atoms with E-state index in [0.717, 1.165) is 5.56 Å². The van der Waals surface area contributed by atoms with Crippen molar-refractivity contribution in [3.63, 3.8) is 0 Å². The van der Waals surface area contributed by atoms with E-state index in [1.54, 1.807) is 55.3 Å². The normalized spacial score (nSPS) is 10.9. The Morgan fingerprint density at radius 2 is 1.91 bits per heavy atom. The van der Waals surface area contributed by atoms with Crippen molar-refractivity contribution in [1.82, 2.24) is 24.6 Å². The van der Waals surface area contributed by atoms with Crippen molar-refractivity contribution in [3.05, 3.63) is 82.3 Å². The Hall–Kier alpha value is -4.21. The average Bonchev–Trinajstić information content (AvgIpc) is 3.25. The van der Waals surface area contributed by atoms with E-state index >= 15 is 0 Å². The molecule has 1 N–H and O–H groups in total. The number of nitrogens with zero attached hydrogens (tertiary/aromatic N) is 4. The van der Waals surface area contributed by atoms with Gasteiger partial charge in [0.1, 0.15) is 17.5 Å². The molecule has 10 heteroatoms. The van der Waals surface area contributed by atoms with Gasteiger partial charge in [-0.05, 0) is 23.8 Å². The van der Waals surface area contributed by atoms with Crippen molar-refractivity contribution in [3.8, 4) is 11.5 Å². The van der Waals surface area contributed by atoms with Crippen LogP contribution in [0.3, 0.4) is 0 Å². The Balaban J connectivity index is 1.38. The number of fused-ring (bicyclic) bond motifs is 1. The molecule has 0 saturated carbocycles. The highest BCUT2D eigenvalue weighted by Gasteiger charge is 2.12. The molecule has 0 spiro atoms. The molecule has 0 fully saturated rings. The molecular weight excluding hydrogens is 441 g/mol. The molecule has 2 aromatic carbocycles. The maximum atomic E-state index is 13.9. The van der Waals surface area contributed by atoms with Gasteiger partial charge in [0.05, 0.1) is 39.9 Å². The Morgan fingerprint density at radius 1 is 1.12 bits per heavy atom. The maximum Gasteiger partial charge on any atom is 0.264 e. The molecule has 0 atom stereocenters. The smallest absolute Gasteiger partial charge is 0.264 e. The minimum Gasteiger partial charge on any atom is -0.493 e. The first-order valence-electron chi connectivity index (χ1n) is 10.6. The predicted octanol–water partition coefficient (Wildman–Crippen LogP) is 2.16. The third-order valence-corrected chi connectivity index (χ3v) is 5.38. The second-order valence-corrected chi connectivity index (χ2v) is 7.59. The van der Waals surface area contributed by atoms with Crippen LogP contribution in [0.1, 0.15) is 11.1 Å². The monoisotopic (exact) mass is 465 g/mol. The van der Waals surface area contributed by atoms with E-state index in [1.807, 2.05) is 0 Å². The van der Waals surface area contributed by atoms with Gasteiger partial charge >= 0.3 is 0 Å². The number of nitrogens with one attached hydrogen (secondary N) is 1. The van der Waals surface area contributed by atoms with Crippen molar-refractivity contribution in [2.24, 2.45) is 0 Å². The molecule has 4 aromatic rings. The summed E-state index contributed by atoms with van der Waals surface area (Å²) in [5.41, 5.74) is 1.29. The molecule has 1 amide bonds. The van der Waals surface area contributed by atoms with Crippen LogP contribution in [-0.4, -0.2) is 46.0 Å². The zero-order valence-corrected chi connectivity index (χ0v) is 18.8. The van der Waals surface area contributed by atoms with Gasteiger partial charge in [0.2, 0.25) is 5.91 Å². The number of halogens is 1. The molecule has 9 nitrogen and oxygen atoms in total. The molecule has 2 aromatic heterocycles. The number of aromatic nitrogens is 4. The largest absolute Gasteiger partial charge is 0.493 e. The summed E-state index contributed by atoms with van der Waals surface area (Å²) in [4.78, 5) is 29.5. The lowest BCUT2D eigenvalue weighted by Gasteiger charge is -2.10. The highest BCUT2D eigenvalue weighted by Crippen LogP contribution is 2.27. The van der Waals surface area contributed by atoms with E-state index in [4.69, 9.17) is 9.47 Å². The second kappa shape index (κ2) is 10.2. The quantitative estimate of drug-likeness (QED) is 0.407. The van der Waals surface area contributed by atoms with Crippen LogP contribution in [0.4, 0.5) is 4.39 Å². The van der Waals surface area contributed by atoms with E-state index < -0.39 is 0 Å². The first-order chi connectivity index (χ1) is 16.5. The molecule has 0 saturated heterocycles. The van der Waals surface area contributed by atoms with Crippen LogP contribution < -0.4 is 20.3 Å². The molecule has 176 valence electrons. The zero-order valence-electron chi connectivity index (χ0n) is 18.8. The van der Waals surface area contributed by atoms with E-state index in [1.165, 1.54) is 23.2 Å². The Bertz CT molecular complexity index is 1380. The predicted molar refractivity (Wildman–Crippen MR) is 124 cm³/mol. The highest BCUT2D eigenvalue weighted by molar-refractivity contribution is 5.78. The van der Waals surface area contributed by atoms with E-state index in [9.17, 15) is 14.0 Å². The summed E-state index contributed by atoms with van der Waals surface area (Å²) in [6, 6.07) is 11.6. The van der Waals surface area contributed by atoms with E-state index in [2.05, 4.69) is 15.4 Å². The molecule has 4 rings (SSSR count). The Morgan fingerprint density at radius 3 is 2.68 bits per heavy atom. The summed E-state index contributed by atoms with van der Waals surface area (Å²) < 4.78 is 27.3. The maximum absolute atomic E-state index is 13.9. The summed E-state index contributed by atoms with van der Waals surface area (Å²) in [7, 11) is 3.09. The molecule has 2 heterocycles. The highest BCUT2D eigenvalue weighted by atomic mass is 19.1. The van der Waals surface area contributed by atoms with Crippen LogP contribution in [0, 0.1) is 5.82 Å². The molecule has 0 aliphatic heterocycles. The van der Waals surface area contributed by atoms with Crippen LogP contribution >= 0.6 is 0 Å². The number of methoxy groups -OCH3 is 2. The molecule has 0 bridgehead atoms. The Kier molecular flexibility index (Phi) is 6.86. The van der Waals surface area contributed by atoms with Gasteiger partial charge in [-0.2, -0.15) is 5.10 Å². The molecule has 34 heavy (non-hydrogen) atoms. The number of amides is 1. The first kappa shape index (κ1) is 23.0. The third kappa shape index (κ3) is 4.90. The van der Waals surface area contributed by atoms with Gasteiger partial charge in [0, 0.05) is 12.1 Å². The van der Waals surface area contributed by atoms with Crippen molar-refractivity contribution >= 4 is 16.9 Å². The van der Waals surface area contributed by atoms with Crippen LogP contribution in [0.5, 0.6) is 11.5 Å². The number of carbonyl (C=O) groups is 1. The minimum atomic E-state index is -0.381. The van der Waals surface area contributed by atoms with E-state index in [-0.39, 0.29) is 30.2 Å². The molecule has 0 aliphatic carbocycles. The number of ether oxygens (including phenoxy) is 2. The topological polar surface area (TPSA) is 100 Å². The number of carbonyl (C=O) groups excluding carboxylic acids is 1. The summed E-state index contributed by atoms with van der Waals surface area (Å²) in [6.07, 6.45) is 3.00. The summed E-state index contributed by atoms with van der Waals surface area (Å²) in [6.45, 7) is 0.722. The van der Waals surface area contributed by atoms with Crippen LogP contribution in [0.15, 0.2) is 59.8 Å².